The summed E-state index contributed by atoms with van der Waals surface area (Å²) >= 11 is 23.5. The maximum atomic E-state index is 11.4. The molecule has 0 spiro atoms. The van der Waals surface area contributed by atoms with Gasteiger partial charge in [0.25, 0.3) is 0 Å². The molecular weight excluding hydrogens is 358 g/mol. The van der Waals surface area contributed by atoms with Crippen molar-refractivity contribution in [2.24, 2.45) is 0 Å². The molecule has 2 aromatic rings. The van der Waals surface area contributed by atoms with Crippen molar-refractivity contribution in [3.8, 4) is 11.8 Å². The van der Waals surface area contributed by atoms with Gasteiger partial charge in [-0.05, 0) is 12.1 Å². The Labute approximate surface area is 140 Å². The summed E-state index contributed by atoms with van der Waals surface area (Å²) in [6, 6.07) is 6.21. The number of rotatable bonds is 3. The maximum absolute atomic E-state index is 11.4. The SMILES string of the molecule is N#Cc1cc(NC(=O)CCl)n(-c2c(Cl)cc(Cl)cc2Cl)n1. The van der Waals surface area contributed by atoms with E-state index in [1.807, 2.05) is 6.07 Å². The van der Waals surface area contributed by atoms with Gasteiger partial charge in [0.2, 0.25) is 5.91 Å². The number of nitriles is 1. The van der Waals surface area contributed by atoms with Crippen molar-refractivity contribution >= 4 is 58.1 Å². The van der Waals surface area contributed by atoms with Crippen molar-refractivity contribution in [3.05, 3.63) is 39.0 Å². The topological polar surface area (TPSA) is 70.7 Å². The van der Waals surface area contributed by atoms with E-state index in [-0.39, 0.29) is 27.4 Å². The van der Waals surface area contributed by atoms with E-state index in [1.165, 1.54) is 22.9 Å². The smallest absolute Gasteiger partial charge is 0.240 e. The van der Waals surface area contributed by atoms with Crippen LogP contribution in [0.4, 0.5) is 5.82 Å². The van der Waals surface area contributed by atoms with Gasteiger partial charge in [0, 0.05) is 11.1 Å². The molecule has 0 aliphatic rings. The molecule has 21 heavy (non-hydrogen) atoms. The molecule has 1 amide bonds. The Morgan fingerprint density at radius 3 is 2.43 bits per heavy atom. The van der Waals surface area contributed by atoms with E-state index in [1.54, 1.807) is 0 Å². The normalized spacial score (nSPS) is 10.2. The van der Waals surface area contributed by atoms with E-state index in [0.717, 1.165) is 0 Å². The molecule has 2 rings (SSSR count). The summed E-state index contributed by atoms with van der Waals surface area (Å²) in [5.41, 5.74) is 0.385. The van der Waals surface area contributed by atoms with Crippen LogP contribution in [0.1, 0.15) is 5.69 Å². The van der Waals surface area contributed by atoms with Crippen molar-refractivity contribution in [1.29, 1.82) is 5.26 Å². The molecule has 0 aliphatic carbocycles. The minimum absolute atomic E-state index is 0.0851. The molecule has 0 atom stereocenters. The Morgan fingerprint density at radius 2 is 1.90 bits per heavy atom. The van der Waals surface area contributed by atoms with Crippen LogP contribution < -0.4 is 5.32 Å². The minimum atomic E-state index is -0.455. The van der Waals surface area contributed by atoms with Gasteiger partial charge in [0.1, 0.15) is 23.5 Å². The Morgan fingerprint density at radius 1 is 1.29 bits per heavy atom. The van der Waals surface area contributed by atoms with Gasteiger partial charge in [-0.25, -0.2) is 4.68 Å². The predicted octanol–water partition coefficient (Wildman–Crippen LogP) is 3.88. The highest BCUT2D eigenvalue weighted by Gasteiger charge is 2.17. The van der Waals surface area contributed by atoms with Gasteiger partial charge in [-0.2, -0.15) is 10.4 Å². The average molecular weight is 364 g/mol. The summed E-state index contributed by atoms with van der Waals surface area (Å²) in [5, 5.41) is 16.3. The lowest BCUT2D eigenvalue weighted by atomic mass is 10.3. The maximum Gasteiger partial charge on any atom is 0.240 e. The molecule has 108 valence electrons. The van der Waals surface area contributed by atoms with Crippen molar-refractivity contribution < 1.29 is 4.79 Å². The van der Waals surface area contributed by atoms with Crippen LogP contribution in [0, 0.1) is 11.3 Å². The number of amides is 1. The number of benzene rings is 1. The molecule has 0 radical (unpaired) electrons. The van der Waals surface area contributed by atoms with Crippen molar-refractivity contribution in [3.63, 3.8) is 0 Å². The Hall–Kier alpha value is -1.45. The third-order valence-electron chi connectivity index (χ3n) is 2.41. The number of nitrogens with zero attached hydrogens (tertiary/aromatic N) is 3. The summed E-state index contributed by atoms with van der Waals surface area (Å²) in [6.07, 6.45) is 0. The third kappa shape index (κ3) is 3.42. The van der Waals surface area contributed by atoms with E-state index in [2.05, 4.69) is 10.4 Å². The van der Waals surface area contributed by atoms with E-state index >= 15 is 0 Å². The predicted molar refractivity (Wildman–Crippen MR) is 82.7 cm³/mol. The molecule has 0 bridgehead atoms. The number of carbonyl (C=O) groups is 1. The summed E-state index contributed by atoms with van der Waals surface area (Å²) < 4.78 is 1.25. The van der Waals surface area contributed by atoms with Crippen LogP contribution in [0.3, 0.4) is 0 Å². The van der Waals surface area contributed by atoms with Gasteiger partial charge < -0.3 is 5.32 Å². The highest BCUT2D eigenvalue weighted by Crippen LogP contribution is 2.33. The lowest BCUT2D eigenvalue weighted by Gasteiger charge is -2.11. The number of hydrogen-bond donors (Lipinski definition) is 1. The Kier molecular flexibility index (Phi) is 4.96. The van der Waals surface area contributed by atoms with Crippen LogP contribution in [0.5, 0.6) is 0 Å². The molecule has 1 heterocycles. The number of aromatic nitrogens is 2. The lowest BCUT2D eigenvalue weighted by molar-refractivity contribution is -0.114. The van der Waals surface area contributed by atoms with Gasteiger partial charge in [0.15, 0.2) is 5.69 Å². The van der Waals surface area contributed by atoms with Crippen molar-refractivity contribution in [2.75, 3.05) is 11.2 Å². The molecule has 5 nitrogen and oxygen atoms in total. The monoisotopic (exact) mass is 362 g/mol. The molecule has 0 fully saturated rings. The quantitative estimate of drug-likeness (QED) is 0.841. The van der Waals surface area contributed by atoms with E-state index in [9.17, 15) is 4.79 Å². The standard InChI is InChI=1S/C12H6Cl4N4O/c13-4-11(21)18-10-3-7(5-17)19-20(10)12-8(15)1-6(14)2-9(12)16/h1-3H,4H2,(H,18,21). The molecule has 0 saturated carbocycles. The molecule has 9 heteroatoms. The zero-order valence-electron chi connectivity index (χ0n) is 10.2. The molecule has 0 unspecified atom stereocenters. The van der Waals surface area contributed by atoms with Crippen molar-refractivity contribution in [2.45, 2.75) is 0 Å². The van der Waals surface area contributed by atoms with Gasteiger partial charge in [-0.1, -0.05) is 34.8 Å². The van der Waals surface area contributed by atoms with Crippen LogP contribution in [-0.2, 0) is 4.79 Å². The number of carbonyl (C=O) groups excluding carboxylic acids is 1. The zero-order chi connectivity index (χ0) is 15.6. The number of nitrogens with one attached hydrogen (secondary N) is 1. The first kappa shape index (κ1) is 15.9. The van der Waals surface area contributed by atoms with E-state index in [0.29, 0.717) is 10.7 Å². The number of alkyl halides is 1. The van der Waals surface area contributed by atoms with Crippen molar-refractivity contribution in [1.82, 2.24) is 9.78 Å². The van der Waals surface area contributed by atoms with E-state index in [4.69, 9.17) is 51.7 Å². The van der Waals surface area contributed by atoms with Gasteiger partial charge >= 0.3 is 0 Å². The average Bonchev–Trinajstić information content (AvgIpc) is 2.80. The molecule has 1 aromatic heterocycles. The van der Waals surface area contributed by atoms with Crippen LogP contribution in [0.2, 0.25) is 15.1 Å². The summed E-state index contributed by atoms with van der Waals surface area (Å²) in [7, 11) is 0. The molecule has 0 aliphatic heterocycles. The van der Waals surface area contributed by atoms with Gasteiger partial charge in [0.05, 0.1) is 10.0 Å². The second-order valence-corrected chi connectivity index (χ2v) is 5.36. The number of hydrogen-bond acceptors (Lipinski definition) is 3. The summed E-state index contributed by atoms with van der Waals surface area (Å²) in [5.74, 6) is -0.471. The molecule has 1 aromatic carbocycles. The zero-order valence-corrected chi connectivity index (χ0v) is 13.2. The number of anilines is 1. The van der Waals surface area contributed by atoms with Crippen LogP contribution in [0.15, 0.2) is 18.2 Å². The van der Waals surface area contributed by atoms with Gasteiger partial charge in [-0.15, -0.1) is 11.6 Å². The highest BCUT2D eigenvalue weighted by atomic mass is 35.5. The fourth-order valence-electron chi connectivity index (χ4n) is 1.61. The second-order valence-electron chi connectivity index (χ2n) is 3.84. The number of halogens is 4. The Balaban J connectivity index is 2.61. The first-order valence-corrected chi connectivity index (χ1v) is 7.14. The first-order chi connectivity index (χ1) is 9.96. The molecular formula is C12H6Cl4N4O. The van der Waals surface area contributed by atoms with Crippen LogP contribution in [-0.4, -0.2) is 21.6 Å². The largest absolute Gasteiger partial charge is 0.310 e. The lowest BCUT2D eigenvalue weighted by Crippen LogP contribution is -2.16. The van der Waals surface area contributed by atoms with Crippen LogP contribution >= 0.6 is 46.4 Å². The summed E-state index contributed by atoms with van der Waals surface area (Å²) in [6.45, 7) is 0. The summed E-state index contributed by atoms with van der Waals surface area (Å²) in [4.78, 5) is 11.4. The fourth-order valence-corrected chi connectivity index (χ4v) is 2.65. The highest BCUT2D eigenvalue weighted by molar-refractivity contribution is 6.40. The molecule has 1 N–H and O–H groups in total. The first-order valence-electron chi connectivity index (χ1n) is 5.47. The van der Waals surface area contributed by atoms with E-state index < -0.39 is 5.91 Å². The minimum Gasteiger partial charge on any atom is -0.310 e. The van der Waals surface area contributed by atoms with Gasteiger partial charge in [-0.3, -0.25) is 4.79 Å². The Bertz CT molecular complexity index is 727. The molecule has 0 saturated heterocycles. The third-order valence-corrected chi connectivity index (χ3v) is 3.44. The second kappa shape index (κ2) is 6.54. The fraction of sp³-hybridized carbons (Fsp3) is 0.0833. The van der Waals surface area contributed by atoms with Crippen LogP contribution in [0.25, 0.3) is 5.69 Å².